The molecule has 0 aromatic heterocycles. The molecule has 0 unspecified atom stereocenters. The van der Waals surface area contributed by atoms with E-state index in [1.807, 2.05) is 0 Å². The van der Waals surface area contributed by atoms with Gasteiger partial charge in [-0.1, -0.05) is 6.92 Å². The Morgan fingerprint density at radius 1 is 1.24 bits per heavy atom. The molecule has 0 saturated carbocycles. The quantitative estimate of drug-likeness (QED) is 0.757. The van der Waals surface area contributed by atoms with E-state index >= 15 is 0 Å². The third-order valence-corrected chi connectivity index (χ3v) is 2.87. The normalized spacial score (nSPS) is 29.3. The minimum atomic E-state index is -0.0279. The number of hydrogen-bond acceptors (Lipinski definition) is 3. The molecule has 0 spiro atoms. The summed E-state index contributed by atoms with van der Waals surface area (Å²) >= 11 is 0. The van der Waals surface area contributed by atoms with Crippen LogP contribution < -0.4 is 0 Å². The molecule has 1 saturated heterocycles. The summed E-state index contributed by atoms with van der Waals surface area (Å²) in [4.78, 5) is 2.50. The van der Waals surface area contributed by atoms with E-state index in [0.717, 1.165) is 26.2 Å². The zero-order chi connectivity index (χ0) is 13.1. The first-order chi connectivity index (χ1) is 7.76. The van der Waals surface area contributed by atoms with E-state index in [1.54, 1.807) is 0 Å². The van der Waals surface area contributed by atoms with Crippen LogP contribution in [0.3, 0.4) is 0 Å². The van der Waals surface area contributed by atoms with Crippen molar-refractivity contribution in [2.75, 3.05) is 26.2 Å². The highest BCUT2D eigenvalue weighted by Gasteiger charge is 2.23. The molecule has 1 aliphatic rings. The smallest absolute Gasteiger partial charge is 0.0678 e. The molecule has 0 aromatic rings. The van der Waals surface area contributed by atoms with Crippen LogP contribution >= 0.6 is 0 Å². The van der Waals surface area contributed by atoms with Crippen LogP contribution in [0.4, 0.5) is 0 Å². The van der Waals surface area contributed by atoms with Crippen LogP contribution in [-0.2, 0) is 9.47 Å². The van der Waals surface area contributed by atoms with Gasteiger partial charge in [0.05, 0.1) is 24.4 Å². The summed E-state index contributed by atoms with van der Waals surface area (Å²) in [5.74, 6) is 0.576. The van der Waals surface area contributed by atoms with Crippen LogP contribution in [0, 0.1) is 5.92 Å². The molecule has 0 bridgehead atoms. The van der Waals surface area contributed by atoms with Crippen LogP contribution in [0.1, 0.15) is 41.5 Å². The van der Waals surface area contributed by atoms with Gasteiger partial charge < -0.3 is 9.47 Å². The van der Waals surface area contributed by atoms with Gasteiger partial charge in [-0.15, -0.1) is 0 Å². The second-order valence-electron chi connectivity index (χ2n) is 6.50. The number of ether oxygens (including phenoxy) is 2. The summed E-state index contributed by atoms with van der Waals surface area (Å²) in [6.45, 7) is 16.9. The predicted molar refractivity (Wildman–Crippen MR) is 71.3 cm³/mol. The molecular formula is C14H29NO2. The van der Waals surface area contributed by atoms with Crippen LogP contribution in [0.2, 0.25) is 0 Å². The second-order valence-corrected chi connectivity index (χ2v) is 6.50. The van der Waals surface area contributed by atoms with Crippen LogP contribution in [0.15, 0.2) is 0 Å². The fourth-order valence-corrected chi connectivity index (χ4v) is 2.32. The molecule has 1 fully saturated rings. The second kappa shape index (κ2) is 6.17. The molecule has 1 rings (SSSR count). The Bertz CT molecular complexity index is 215. The molecular weight excluding hydrogens is 214 g/mol. The molecule has 17 heavy (non-hydrogen) atoms. The maximum Gasteiger partial charge on any atom is 0.0678 e. The topological polar surface area (TPSA) is 21.7 Å². The Balaban J connectivity index is 2.28. The monoisotopic (exact) mass is 243 g/mol. The summed E-state index contributed by atoms with van der Waals surface area (Å²) in [5, 5.41) is 0. The number of rotatable bonds is 4. The first-order valence-electron chi connectivity index (χ1n) is 6.78. The zero-order valence-corrected chi connectivity index (χ0v) is 12.3. The first kappa shape index (κ1) is 14.9. The lowest BCUT2D eigenvalue weighted by Gasteiger charge is -2.37. The van der Waals surface area contributed by atoms with Gasteiger partial charge in [-0.2, -0.15) is 0 Å². The molecule has 3 nitrogen and oxygen atoms in total. The van der Waals surface area contributed by atoms with Crippen molar-refractivity contribution in [1.82, 2.24) is 4.90 Å². The van der Waals surface area contributed by atoms with Gasteiger partial charge in [-0.25, -0.2) is 0 Å². The maximum atomic E-state index is 5.83. The van der Waals surface area contributed by atoms with Crippen molar-refractivity contribution in [2.24, 2.45) is 5.92 Å². The van der Waals surface area contributed by atoms with Crippen molar-refractivity contribution < 1.29 is 9.47 Å². The van der Waals surface area contributed by atoms with Crippen molar-refractivity contribution in [1.29, 1.82) is 0 Å². The molecule has 102 valence electrons. The van der Waals surface area contributed by atoms with E-state index in [4.69, 9.17) is 9.47 Å². The number of morpholine rings is 1. The molecule has 0 amide bonds. The molecule has 1 heterocycles. The average Bonchev–Trinajstić information content (AvgIpc) is 2.11. The van der Waals surface area contributed by atoms with Crippen molar-refractivity contribution in [2.45, 2.75) is 59.4 Å². The number of nitrogens with zero attached hydrogens (tertiary/aromatic N) is 1. The Morgan fingerprint density at radius 2 is 1.76 bits per heavy atom. The van der Waals surface area contributed by atoms with E-state index in [2.05, 4.69) is 46.4 Å². The predicted octanol–water partition coefficient (Wildman–Crippen LogP) is 2.55. The van der Waals surface area contributed by atoms with E-state index in [9.17, 15) is 0 Å². The van der Waals surface area contributed by atoms with Gasteiger partial charge in [0.2, 0.25) is 0 Å². The molecule has 0 radical (unpaired) electrons. The Kier molecular flexibility index (Phi) is 5.42. The lowest BCUT2D eigenvalue weighted by atomic mass is 10.1. The standard InChI is InChI=1S/C14H29NO2/c1-11(10-16-14(4,5)6)7-15-8-12(2)17-13(3)9-15/h11-13H,7-10H2,1-6H3/t11-,12+,13+/m1/s1. The first-order valence-corrected chi connectivity index (χ1v) is 6.78. The van der Waals surface area contributed by atoms with Gasteiger partial charge in [0.25, 0.3) is 0 Å². The average molecular weight is 243 g/mol. The van der Waals surface area contributed by atoms with E-state index in [1.165, 1.54) is 0 Å². The highest BCUT2D eigenvalue weighted by Crippen LogP contribution is 2.14. The summed E-state index contributed by atoms with van der Waals surface area (Å²) in [7, 11) is 0. The summed E-state index contributed by atoms with van der Waals surface area (Å²) < 4.78 is 11.6. The third-order valence-electron chi connectivity index (χ3n) is 2.87. The summed E-state index contributed by atoms with van der Waals surface area (Å²) in [5.41, 5.74) is -0.0279. The SMILES string of the molecule is C[C@@H](COC(C)(C)C)CN1C[C@H](C)O[C@@H](C)C1. The zero-order valence-electron chi connectivity index (χ0n) is 12.3. The number of hydrogen-bond donors (Lipinski definition) is 0. The van der Waals surface area contributed by atoms with E-state index in [0.29, 0.717) is 18.1 Å². The van der Waals surface area contributed by atoms with Crippen LogP contribution in [-0.4, -0.2) is 49.0 Å². The summed E-state index contributed by atoms with van der Waals surface area (Å²) in [6, 6.07) is 0. The summed E-state index contributed by atoms with van der Waals surface area (Å²) in [6.07, 6.45) is 0.712. The lowest BCUT2D eigenvalue weighted by molar-refractivity contribution is -0.0785. The third kappa shape index (κ3) is 6.39. The van der Waals surface area contributed by atoms with Gasteiger partial charge in [0, 0.05) is 19.6 Å². The Morgan fingerprint density at radius 3 is 2.24 bits per heavy atom. The fraction of sp³-hybridized carbons (Fsp3) is 1.00. The van der Waals surface area contributed by atoms with Crippen molar-refractivity contribution in [3.63, 3.8) is 0 Å². The molecule has 0 aromatic carbocycles. The Hall–Kier alpha value is -0.120. The van der Waals surface area contributed by atoms with Gasteiger partial charge in [-0.3, -0.25) is 4.90 Å². The highest BCUT2D eigenvalue weighted by molar-refractivity contribution is 4.74. The van der Waals surface area contributed by atoms with Gasteiger partial charge in [0.15, 0.2) is 0 Å². The van der Waals surface area contributed by atoms with Crippen molar-refractivity contribution in [3.8, 4) is 0 Å². The Labute approximate surface area is 106 Å². The van der Waals surface area contributed by atoms with E-state index < -0.39 is 0 Å². The molecule has 3 heteroatoms. The molecule has 3 atom stereocenters. The minimum absolute atomic E-state index is 0.0279. The van der Waals surface area contributed by atoms with Crippen LogP contribution in [0.5, 0.6) is 0 Å². The highest BCUT2D eigenvalue weighted by atomic mass is 16.5. The van der Waals surface area contributed by atoms with Gasteiger partial charge in [0.1, 0.15) is 0 Å². The van der Waals surface area contributed by atoms with E-state index in [-0.39, 0.29) is 5.60 Å². The lowest BCUT2D eigenvalue weighted by Crippen LogP contribution is -2.47. The van der Waals surface area contributed by atoms with Gasteiger partial charge in [-0.05, 0) is 40.5 Å². The molecule has 0 N–H and O–H groups in total. The fourth-order valence-electron chi connectivity index (χ4n) is 2.32. The van der Waals surface area contributed by atoms with Crippen molar-refractivity contribution >= 4 is 0 Å². The maximum absolute atomic E-state index is 5.83. The minimum Gasteiger partial charge on any atom is -0.376 e. The van der Waals surface area contributed by atoms with Gasteiger partial charge >= 0.3 is 0 Å². The molecule has 1 aliphatic heterocycles. The largest absolute Gasteiger partial charge is 0.376 e. The van der Waals surface area contributed by atoms with Crippen molar-refractivity contribution in [3.05, 3.63) is 0 Å². The van der Waals surface area contributed by atoms with Crippen LogP contribution in [0.25, 0.3) is 0 Å². The molecule has 0 aliphatic carbocycles.